The average Bonchev–Trinajstić information content (AvgIpc) is 2.43. The molecule has 1 aliphatic carbocycles. The van der Waals surface area contributed by atoms with Gasteiger partial charge in [-0.25, -0.2) is 0 Å². The third-order valence-electron chi connectivity index (χ3n) is 3.75. The molecule has 3 atom stereocenters. The number of nitrogens with two attached hydrogens (primary N) is 1. The van der Waals surface area contributed by atoms with Gasteiger partial charge in [-0.1, -0.05) is 40.0 Å². The molecule has 3 nitrogen and oxygen atoms in total. The maximum absolute atomic E-state index is 12.0. The molecule has 0 aromatic heterocycles. The molecule has 3 heteroatoms. The van der Waals surface area contributed by atoms with E-state index < -0.39 is 0 Å². The Labute approximate surface area is 106 Å². The van der Waals surface area contributed by atoms with Crippen molar-refractivity contribution in [2.75, 3.05) is 0 Å². The monoisotopic (exact) mass is 240 g/mol. The van der Waals surface area contributed by atoms with Crippen LogP contribution in [0.4, 0.5) is 0 Å². The summed E-state index contributed by atoms with van der Waals surface area (Å²) >= 11 is 0. The van der Waals surface area contributed by atoms with E-state index in [1.165, 1.54) is 25.7 Å². The molecule has 0 saturated heterocycles. The van der Waals surface area contributed by atoms with Gasteiger partial charge >= 0.3 is 0 Å². The van der Waals surface area contributed by atoms with Gasteiger partial charge in [0.15, 0.2) is 0 Å². The SMILES string of the molecule is CC(C)C[C@H](N)C(=O)NC1CCCCCC1C. The van der Waals surface area contributed by atoms with Gasteiger partial charge in [0, 0.05) is 6.04 Å². The number of amides is 1. The molecular weight excluding hydrogens is 212 g/mol. The van der Waals surface area contributed by atoms with Gasteiger partial charge in [-0.05, 0) is 31.1 Å². The fraction of sp³-hybridized carbons (Fsp3) is 0.929. The first-order chi connectivity index (χ1) is 8.00. The van der Waals surface area contributed by atoms with E-state index in [1.807, 2.05) is 0 Å². The highest BCUT2D eigenvalue weighted by molar-refractivity contribution is 5.81. The molecule has 0 heterocycles. The van der Waals surface area contributed by atoms with Gasteiger partial charge in [-0.3, -0.25) is 4.79 Å². The summed E-state index contributed by atoms with van der Waals surface area (Å²) in [6.45, 7) is 6.44. The Morgan fingerprint density at radius 2 is 1.94 bits per heavy atom. The van der Waals surface area contributed by atoms with Crippen LogP contribution in [0, 0.1) is 11.8 Å². The minimum absolute atomic E-state index is 0.0393. The van der Waals surface area contributed by atoms with Crippen LogP contribution in [0.25, 0.3) is 0 Å². The number of carbonyl (C=O) groups excluding carboxylic acids is 1. The van der Waals surface area contributed by atoms with Crippen LogP contribution in [0.5, 0.6) is 0 Å². The summed E-state index contributed by atoms with van der Waals surface area (Å²) in [5, 5.41) is 3.15. The van der Waals surface area contributed by atoms with E-state index >= 15 is 0 Å². The minimum atomic E-state index is -0.342. The minimum Gasteiger partial charge on any atom is -0.352 e. The van der Waals surface area contributed by atoms with E-state index in [4.69, 9.17) is 5.73 Å². The van der Waals surface area contributed by atoms with Crippen LogP contribution in [0.2, 0.25) is 0 Å². The average molecular weight is 240 g/mol. The van der Waals surface area contributed by atoms with Crippen molar-refractivity contribution in [3.63, 3.8) is 0 Å². The Hall–Kier alpha value is -0.570. The fourth-order valence-electron chi connectivity index (χ4n) is 2.61. The van der Waals surface area contributed by atoms with Gasteiger partial charge in [0.1, 0.15) is 0 Å². The number of nitrogens with one attached hydrogen (secondary N) is 1. The topological polar surface area (TPSA) is 55.1 Å². The van der Waals surface area contributed by atoms with Crippen LogP contribution < -0.4 is 11.1 Å². The molecule has 1 saturated carbocycles. The van der Waals surface area contributed by atoms with E-state index in [1.54, 1.807) is 0 Å². The standard InChI is InChI=1S/C14H28N2O/c1-10(2)9-12(15)14(17)16-13-8-6-4-5-7-11(13)3/h10-13H,4-9,15H2,1-3H3,(H,16,17)/t11?,12-,13?/m0/s1. The Bertz CT molecular complexity index is 240. The molecule has 2 unspecified atom stereocenters. The quantitative estimate of drug-likeness (QED) is 0.742. The third-order valence-corrected chi connectivity index (χ3v) is 3.75. The molecule has 1 aliphatic rings. The maximum atomic E-state index is 12.0. The third kappa shape index (κ3) is 5.07. The highest BCUT2D eigenvalue weighted by Gasteiger charge is 2.24. The molecule has 0 aliphatic heterocycles. The Morgan fingerprint density at radius 1 is 1.29 bits per heavy atom. The van der Waals surface area contributed by atoms with Crippen LogP contribution in [-0.2, 0) is 4.79 Å². The summed E-state index contributed by atoms with van der Waals surface area (Å²) in [5.74, 6) is 1.10. The van der Waals surface area contributed by atoms with Crippen LogP contribution >= 0.6 is 0 Å². The van der Waals surface area contributed by atoms with Crippen molar-refractivity contribution in [3.05, 3.63) is 0 Å². The zero-order valence-electron chi connectivity index (χ0n) is 11.5. The predicted octanol–water partition coefficient (Wildman–Crippen LogP) is 2.44. The highest BCUT2D eigenvalue weighted by atomic mass is 16.2. The van der Waals surface area contributed by atoms with E-state index in [0.717, 1.165) is 12.8 Å². The second-order valence-electron chi connectivity index (χ2n) is 5.97. The van der Waals surface area contributed by atoms with Crippen LogP contribution in [0.1, 0.15) is 59.3 Å². The lowest BCUT2D eigenvalue weighted by molar-refractivity contribution is -0.123. The van der Waals surface area contributed by atoms with Crippen molar-refractivity contribution < 1.29 is 4.79 Å². The van der Waals surface area contributed by atoms with E-state index in [2.05, 4.69) is 26.1 Å². The number of carbonyl (C=O) groups is 1. The van der Waals surface area contributed by atoms with Gasteiger partial charge < -0.3 is 11.1 Å². The van der Waals surface area contributed by atoms with Crippen molar-refractivity contribution in [1.82, 2.24) is 5.32 Å². The molecular formula is C14H28N2O. The van der Waals surface area contributed by atoms with Gasteiger partial charge in [-0.2, -0.15) is 0 Å². The van der Waals surface area contributed by atoms with Crippen LogP contribution in [0.3, 0.4) is 0 Å². The summed E-state index contributed by atoms with van der Waals surface area (Å²) < 4.78 is 0. The molecule has 1 fully saturated rings. The zero-order chi connectivity index (χ0) is 12.8. The Morgan fingerprint density at radius 3 is 2.59 bits per heavy atom. The summed E-state index contributed by atoms with van der Waals surface area (Å²) in [7, 11) is 0. The van der Waals surface area contributed by atoms with E-state index in [0.29, 0.717) is 17.9 Å². The van der Waals surface area contributed by atoms with Crippen molar-refractivity contribution in [3.8, 4) is 0 Å². The summed E-state index contributed by atoms with van der Waals surface area (Å²) in [5.41, 5.74) is 5.91. The largest absolute Gasteiger partial charge is 0.352 e. The van der Waals surface area contributed by atoms with Gasteiger partial charge in [0.25, 0.3) is 0 Å². The van der Waals surface area contributed by atoms with Gasteiger partial charge in [0.05, 0.1) is 6.04 Å². The first-order valence-corrected chi connectivity index (χ1v) is 7.06. The van der Waals surface area contributed by atoms with E-state index in [-0.39, 0.29) is 11.9 Å². The number of hydrogen-bond acceptors (Lipinski definition) is 2. The molecule has 17 heavy (non-hydrogen) atoms. The molecule has 100 valence electrons. The Kier molecular flexibility index (Phi) is 5.96. The van der Waals surface area contributed by atoms with Crippen molar-refractivity contribution in [2.24, 2.45) is 17.6 Å². The first kappa shape index (κ1) is 14.5. The lowest BCUT2D eigenvalue weighted by Gasteiger charge is -2.25. The first-order valence-electron chi connectivity index (χ1n) is 7.06. The molecule has 0 bridgehead atoms. The molecule has 1 rings (SSSR count). The summed E-state index contributed by atoms with van der Waals surface area (Å²) in [6, 6.07) is -0.00587. The molecule has 0 radical (unpaired) electrons. The van der Waals surface area contributed by atoms with Crippen molar-refractivity contribution in [2.45, 2.75) is 71.4 Å². The number of rotatable bonds is 4. The van der Waals surface area contributed by atoms with Crippen LogP contribution in [-0.4, -0.2) is 18.0 Å². The Balaban J connectivity index is 2.42. The molecule has 1 amide bonds. The lowest BCUT2D eigenvalue weighted by atomic mass is 9.96. The predicted molar refractivity (Wildman–Crippen MR) is 71.6 cm³/mol. The van der Waals surface area contributed by atoms with Crippen LogP contribution in [0.15, 0.2) is 0 Å². The summed E-state index contributed by atoms with van der Waals surface area (Å²) in [4.78, 5) is 12.0. The van der Waals surface area contributed by atoms with Gasteiger partial charge in [0.2, 0.25) is 5.91 Å². The zero-order valence-corrected chi connectivity index (χ0v) is 11.5. The normalized spacial score (nSPS) is 27.6. The van der Waals surface area contributed by atoms with Crippen molar-refractivity contribution >= 4 is 5.91 Å². The smallest absolute Gasteiger partial charge is 0.237 e. The maximum Gasteiger partial charge on any atom is 0.237 e. The molecule has 0 aromatic carbocycles. The molecule has 0 aromatic rings. The fourth-order valence-corrected chi connectivity index (χ4v) is 2.61. The molecule has 3 N–H and O–H groups in total. The highest BCUT2D eigenvalue weighted by Crippen LogP contribution is 2.23. The summed E-state index contributed by atoms with van der Waals surface area (Å²) in [6.07, 6.45) is 6.94. The van der Waals surface area contributed by atoms with E-state index in [9.17, 15) is 4.79 Å². The molecule has 0 spiro atoms. The van der Waals surface area contributed by atoms with Crippen molar-refractivity contribution in [1.29, 1.82) is 0 Å². The lowest BCUT2D eigenvalue weighted by Crippen LogP contribution is -2.47. The number of hydrogen-bond donors (Lipinski definition) is 2. The second-order valence-corrected chi connectivity index (χ2v) is 5.97. The van der Waals surface area contributed by atoms with Gasteiger partial charge in [-0.15, -0.1) is 0 Å². The second kappa shape index (κ2) is 7.00.